The van der Waals surface area contributed by atoms with E-state index in [9.17, 15) is 4.79 Å². The maximum absolute atomic E-state index is 10.8. The summed E-state index contributed by atoms with van der Waals surface area (Å²) in [5.74, 6) is 0.0608. The minimum atomic E-state index is -0.951. The third kappa shape index (κ3) is 3.10. The molecule has 0 unspecified atom stereocenters. The molecular weight excluding hydrogens is 232 g/mol. The molecule has 0 aliphatic carbocycles. The number of carboxylic acids is 1. The van der Waals surface area contributed by atoms with Crippen molar-refractivity contribution in [2.24, 2.45) is 0 Å². The van der Waals surface area contributed by atoms with E-state index in [-0.39, 0.29) is 5.69 Å². The van der Waals surface area contributed by atoms with Gasteiger partial charge < -0.3 is 10.0 Å². The van der Waals surface area contributed by atoms with Crippen LogP contribution in [-0.4, -0.2) is 41.7 Å². The molecule has 0 spiro atoms. The van der Waals surface area contributed by atoms with Gasteiger partial charge in [-0.2, -0.15) is 11.8 Å². The summed E-state index contributed by atoms with van der Waals surface area (Å²) in [6.45, 7) is 2.67. The predicted molar refractivity (Wildman–Crippen MR) is 65.5 cm³/mol. The summed E-state index contributed by atoms with van der Waals surface area (Å²) in [6, 6.07) is 0. The Morgan fingerprint density at radius 2 is 2.33 bits per heavy atom. The van der Waals surface area contributed by atoms with Gasteiger partial charge in [-0.25, -0.2) is 9.78 Å². The molecule has 4 nitrogen and oxygen atoms in total. The monoisotopic (exact) mass is 246 g/mol. The quantitative estimate of drug-likeness (QED) is 0.860. The van der Waals surface area contributed by atoms with Crippen molar-refractivity contribution in [3.8, 4) is 0 Å². The largest absolute Gasteiger partial charge is 0.476 e. The fourth-order valence-electron chi connectivity index (χ4n) is 1.07. The number of hydrogen-bond donors (Lipinski definition) is 1. The molecule has 84 valence electrons. The van der Waals surface area contributed by atoms with Crippen molar-refractivity contribution in [1.82, 2.24) is 4.98 Å². The van der Waals surface area contributed by atoms with Crippen LogP contribution in [0, 0.1) is 6.92 Å². The second-order valence-corrected chi connectivity index (χ2v) is 5.29. The van der Waals surface area contributed by atoms with Crippen LogP contribution in [0.3, 0.4) is 0 Å². The van der Waals surface area contributed by atoms with Gasteiger partial charge in [0, 0.05) is 24.2 Å². The molecule has 0 aliphatic rings. The molecule has 1 aromatic rings. The van der Waals surface area contributed by atoms with E-state index in [4.69, 9.17) is 5.11 Å². The van der Waals surface area contributed by atoms with Crippen LogP contribution in [-0.2, 0) is 0 Å². The summed E-state index contributed by atoms with van der Waals surface area (Å²) >= 11 is 3.19. The second-order valence-electron chi connectivity index (χ2n) is 3.12. The standard InChI is InChI=1S/C9H14N2O2S2/c1-6-7(8(12)13)10-9(15-6)11(2)4-5-14-3/h4-5H2,1-3H3,(H,12,13). The van der Waals surface area contributed by atoms with Gasteiger partial charge in [0.25, 0.3) is 0 Å². The molecule has 0 aromatic carbocycles. The van der Waals surface area contributed by atoms with Crippen molar-refractivity contribution in [2.45, 2.75) is 6.92 Å². The first-order valence-electron chi connectivity index (χ1n) is 4.47. The zero-order chi connectivity index (χ0) is 11.4. The molecule has 0 saturated carbocycles. The highest BCUT2D eigenvalue weighted by Crippen LogP contribution is 2.24. The van der Waals surface area contributed by atoms with E-state index >= 15 is 0 Å². The number of carbonyl (C=O) groups is 1. The predicted octanol–water partition coefficient (Wildman–Crippen LogP) is 1.95. The Labute approximate surface area is 97.3 Å². The topological polar surface area (TPSA) is 53.4 Å². The van der Waals surface area contributed by atoms with Crippen molar-refractivity contribution < 1.29 is 9.90 Å². The molecule has 1 aromatic heterocycles. The molecular formula is C9H14N2O2S2. The van der Waals surface area contributed by atoms with Crippen molar-refractivity contribution >= 4 is 34.2 Å². The van der Waals surface area contributed by atoms with Crippen molar-refractivity contribution in [1.29, 1.82) is 0 Å². The Hall–Kier alpha value is -0.750. The van der Waals surface area contributed by atoms with Crippen molar-refractivity contribution in [3.05, 3.63) is 10.6 Å². The molecule has 0 fully saturated rings. The van der Waals surface area contributed by atoms with Crippen molar-refractivity contribution in [2.75, 3.05) is 30.5 Å². The number of anilines is 1. The first-order valence-corrected chi connectivity index (χ1v) is 6.68. The van der Waals surface area contributed by atoms with Crippen LogP contribution in [0.5, 0.6) is 0 Å². The third-order valence-electron chi connectivity index (χ3n) is 1.95. The SMILES string of the molecule is CSCCN(C)c1nc(C(=O)O)c(C)s1. The Kier molecular flexibility index (Phi) is 4.41. The van der Waals surface area contributed by atoms with E-state index in [0.29, 0.717) is 0 Å². The van der Waals surface area contributed by atoms with Crippen molar-refractivity contribution in [3.63, 3.8) is 0 Å². The Bertz CT molecular complexity index is 352. The van der Waals surface area contributed by atoms with Crippen LogP contribution in [0.25, 0.3) is 0 Å². The number of hydrogen-bond acceptors (Lipinski definition) is 5. The van der Waals surface area contributed by atoms with E-state index in [2.05, 4.69) is 4.98 Å². The number of thiazole rings is 1. The highest BCUT2D eigenvalue weighted by Gasteiger charge is 2.15. The zero-order valence-corrected chi connectivity index (χ0v) is 10.6. The summed E-state index contributed by atoms with van der Waals surface area (Å²) < 4.78 is 0. The molecule has 15 heavy (non-hydrogen) atoms. The van der Waals surface area contributed by atoms with Gasteiger partial charge >= 0.3 is 5.97 Å². The summed E-state index contributed by atoms with van der Waals surface area (Å²) in [5.41, 5.74) is 0.172. The molecule has 1 heterocycles. The molecule has 0 radical (unpaired) electrons. The number of carboxylic acid groups (broad SMARTS) is 1. The van der Waals surface area contributed by atoms with Gasteiger partial charge in [-0.15, -0.1) is 11.3 Å². The summed E-state index contributed by atoms with van der Waals surface area (Å²) in [6.07, 6.45) is 2.05. The minimum Gasteiger partial charge on any atom is -0.476 e. The number of thioether (sulfide) groups is 1. The molecule has 6 heteroatoms. The number of aryl methyl sites for hydroxylation is 1. The van der Waals surface area contributed by atoms with Crippen LogP contribution in [0.1, 0.15) is 15.4 Å². The maximum atomic E-state index is 10.8. The fraction of sp³-hybridized carbons (Fsp3) is 0.556. The van der Waals surface area contributed by atoms with E-state index in [1.54, 1.807) is 18.7 Å². The van der Waals surface area contributed by atoms with E-state index in [0.717, 1.165) is 22.3 Å². The summed E-state index contributed by atoms with van der Waals surface area (Å²) in [4.78, 5) is 17.6. The van der Waals surface area contributed by atoms with Gasteiger partial charge in [0.15, 0.2) is 10.8 Å². The van der Waals surface area contributed by atoms with Crippen LogP contribution in [0.15, 0.2) is 0 Å². The van der Waals surface area contributed by atoms with Gasteiger partial charge in [-0.1, -0.05) is 0 Å². The number of aromatic nitrogens is 1. The lowest BCUT2D eigenvalue weighted by molar-refractivity contribution is 0.0690. The van der Waals surface area contributed by atoms with Crippen LogP contribution in [0.4, 0.5) is 5.13 Å². The van der Waals surface area contributed by atoms with E-state index in [1.165, 1.54) is 11.3 Å². The number of rotatable bonds is 5. The fourth-order valence-corrected chi connectivity index (χ4v) is 2.41. The maximum Gasteiger partial charge on any atom is 0.355 e. The molecule has 1 rings (SSSR count). The van der Waals surface area contributed by atoms with E-state index in [1.807, 2.05) is 18.2 Å². The van der Waals surface area contributed by atoms with Crippen LogP contribution >= 0.6 is 23.1 Å². The molecule has 0 aliphatic heterocycles. The molecule has 0 bridgehead atoms. The second kappa shape index (κ2) is 5.37. The van der Waals surface area contributed by atoms with E-state index < -0.39 is 5.97 Å². The molecule has 0 atom stereocenters. The average Bonchev–Trinajstić information content (AvgIpc) is 2.56. The first kappa shape index (κ1) is 12.3. The summed E-state index contributed by atoms with van der Waals surface area (Å²) in [5, 5.41) is 9.64. The Morgan fingerprint density at radius 1 is 1.67 bits per heavy atom. The molecule has 0 saturated heterocycles. The average molecular weight is 246 g/mol. The summed E-state index contributed by atoms with van der Waals surface area (Å²) in [7, 11) is 1.93. The Morgan fingerprint density at radius 3 is 2.80 bits per heavy atom. The van der Waals surface area contributed by atoms with Gasteiger partial charge in [0.1, 0.15) is 0 Å². The smallest absolute Gasteiger partial charge is 0.355 e. The van der Waals surface area contributed by atoms with Crippen LogP contribution < -0.4 is 4.90 Å². The number of nitrogens with zero attached hydrogens (tertiary/aromatic N) is 2. The van der Waals surface area contributed by atoms with Crippen LogP contribution in [0.2, 0.25) is 0 Å². The minimum absolute atomic E-state index is 0.172. The lowest BCUT2D eigenvalue weighted by Gasteiger charge is -2.14. The third-order valence-corrected chi connectivity index (χ3v) is 3.62. The van der Waals surface area contributed by atoms with Gasteiger partial charge in [0.05, 0.1) is 0 Å². The lowest BCUT2D eigenvalue weighted by Crippen LogP contribution is -2.20. The Balaban J connectivity index is 2.78. The van der Waals surface area contributed by atoms with Gasteiger partial charge in [0.2, 0.25) is 0 Å². The number of aromatic carboxylic acids is 1. The first-order chi connectivity index (χ1) is 7.06. The molecule has 1 N–H and O–H groups in total. The van der Waals surface area contributed by atoms with Gasteiger partial charge in [-0.05, 0) is 13.2 Å². The van der Waals surface area contributed by atoms with Gasteiger partial charge in [-0.3, -0.25) is 0 Å². The molecule has 0 amide bonds. The zero-order valence-electron chi connectivity index (χ0n) is 8.98. The normalized spacial score (nSPS) is 10.3. The highest BCUT2D eigenvalue weighted by molar-refractivity contribution is 7.98. The highest BCUT2D eigenvalue weighted by atomic mass is 32.2. The lowest BCUT2D eigenvalue weighted by atomic mass is 10.4.